The van der Waals surface area contributed by atoms with E-state index in [4.69, 9.17) is 32.9 Å². The first kappa shape index (κ1) is 32.4. The Morgan fingerprint density at radius 3 is 2.41 bits per heavy atom. The van der Waals surface area contributed by atoms with Gasteiger partial charge in [0, 0.05) is 51.4 Å². The molecular weight excluding hydrogens is 659 g/mol. The molecule has 1 amide bonds. The van der Waals surface area contributed by atoms with Crippen LogP contribution in [0.2, 0.25) is 10.0 Å². The summed E-state index contributed by atoms with van der Waals surface area (Å²) in [5, 5.41) is 5.18. The summed E-state index contributed by atoms with van der Waals surface area (Å²) in [6, 6.07) is 26.7. The monoisotopic (exact) mass is 692 g/mol. The largest absolute Gasteiger partial charge is 0.469 e. The molecule has 49 heavy (non-hydrogen) atoms. The van der Waals surface area contributed by atoms with Crippen molar-refractivity contribution in [2.75, 3.05) is 30.4 Å². The van der Waals surface area contributed by atoms with E-state index >= 15 is 0 Å². The zero-order valence-corrected chi connectivity index (χ0v) is 28.5. The number of carbonyl (C=O) groups excluding carboxylic acids is 2. The molecule has 9 nitrogen and oxygen atoms in total. The summed E-state index contributed by atoms with van der Waals surface area (Å²) in [6.07, 6.45) is 4.81. The number of piperidine rings is 1. The van der Waals surface area contributed by atoms with E-state index in [-0.39, 0.29) is 23.8 Å². The molecule has 0 radical (unpaired) electrons. The first-order chi connectivity index (χ1) is 23.8. The molecule has 0 aliphatic carbocycles. The van der Waals surface area contributed by atoms with Crippen LogP contribution in [-0.4, -0.2) is 51.6 Å². The lowest BCUT2D eigenvalue weighted by Crippen LogP contribution is -2.37. The number of rotatable bonds is 8. The summed E-state index contributed by atoms with van der Waals surface area (Å²) in [5.74, 6) is -0.0408. The number of fused-ring (bicyclic) bond motifs is 1. The number of hydrogen-bond acceptors (Lipinski definition) is 6. The molecule has 4 heterocycles. The number of hydrogen-bond donors (Lipinski definition) is 2. The van der Waals surface area contributed by atoms with Crippen molar-refractivity contribution < 1.29 is 14.3 Å². The number of imidazole rings is 1. The molecule has 0 unspecified atom stereocenters. The second-order valence-electron chi connectivity index (χ2n) is 12.1. The number of anilines is 2. The lowest BCUT2D eigenvalue weighted by molar-refractivity contribution is -0.146. The molecule has 1 aliphatic rings. The maximum absolute atomic E-state index is 14.5. The number of carbonyl (C=O) groups is 2. The van der Waals surface area contributed by atoms with E-state index in [1.54, 1.807) is 12.3 Å². The van der Waals surface area contributed by atoms with E-state index in [1.165, 1.54) is 7.11 Å². The third-order valence-electron chi connectivity index (χ3n) is 9.20. The van der Waals surface area contributed by atoms with Crippen LogP contribution in [0.15, 0.2) is 97.5 Å². The van der Waals surface area contributed by atoms with Gasteiger partial charge in [0.05, 0.1) is 42.5 Å². The maximum Gasteiger partial charge on any atom is 0.308 e. The van der Waals surface area contributed by atoms with Gasteiger partial charge in [-0.25, -0.2) is 9.97 Å². The Morgan fingerprint density at radius 2 is 1.67 bits per heavy atom. The predicted molar refractivity (Wildman–Crippen MR) is 194 cm³/mol. The van der Waals surface area contributed by atoms with Gasteiger partial charge in [0.25, 0.3) is 5.91 Å². The number of aromatic amines is 1. The van der Waals surface area contributed by atoms with Crippen LogP contribution in [0.4, 0.5) is 11.5 Å². The van der Waals surface area contributed by atoms with Crippen molar-refractivity contribution in [3.8, 4) is 22.5 Å². The van der Waals surface area contributed by atoms with Crippen LogP contribution in [0, 0.1) is 5.92 Å². The zero-order valence-electron chi connectivity index (χ0n) is 27.0. The summed E-state index contributed by atoms with van der Waals surface area (Å²) < 4.78 is 7.06. The number of H-pyrrole nitrogens is 1. The topological polar surface area (TPSA) is 105 Å². The third-order valence-corrected chi connectivity index (χ3v) is 9.69. The highest BCUT2D eigenvalue weighted by molar-refractivity contribution is 6.31. The Kier molecular flexibility index (Phi) is 9.12. The lowest BCUT2D eigenvalue weighted by Gasteiger charge is -2.32. The van der Waals surface area contributed by atoms with Crippen molar-refractivity contribution in [3.05, 3.63) is 119 Å². The summed E-state index contributed by atoms with van der Waals surface area (Å²) in [4.78, 5) is 41.7. The van der Waals surface area contributed by atoms with Gasteiger partial charge in [-0.05, 0) is 61.7 Å². The van der Waals surface area contributed by atoms with Gasteiger partial charge in [0.2, 0.25) is 0 Å². The van der Waals surface area contributed by atoms with Crippen molar-refractivity contribution in [3.63, 3.8) is 0 Å². The zero-order chi connectivity index (χ0) is 34.1. The van der Waals surface area contributed by atoms with Crippen LogP contribution < -0.4 is 10.2 Å². The molecule has 1 atom stereocenters. The van der Waals surface area contributed by atoms with Crippen molar-refractivity contribution in [1.29, 1.82) is 0 Å². The molecule has 0 bridgehead atoms. The van der Waals surface area contributed by atoms with E-state index < -0.39 is 0 Å². The molecule has 3 aromatic carbocycles. The predicted octanol–water partition coefficient (Wildman–Crippen LogP) is 8.65. The van der Waals surface area contributed by atoms with Gasteiger partial charge in [-0.1, -0.05) is 71.7 Å². The highest BCUT2D eigenvalue weighted by atomic mass is 35.5. The number of aromatic nitrogens is 4. The number of ether oxygens (including phenoxy) is 1. The fourth-order valence-corrected chi connectivity index (χ4v) is 6.92. The summed E-state index contributed by atoms with van der Waals surface area (Å²) >= 11 is 12.7. The van der Waals surface area contributed by atoms with Crippen molar-refractivity contribution in [1.82, 2.24) is 19.5 Å². The fourth-order valence-electron chi connectivity index (χ4n) is 6.62. The molecule has 1 aliphatic heterocycles. The number of pyridine rings is 1. The number of esters is 1. The minimum atomic E-state index is -0.341. The van der Waals surface area contributed by atoms with Gasteiger partial charge in [-0.3, -0.25) is 9.59 Å². The van der Waals surface area contributed by atoms with Gasteiger partial charge in [0.15, 0.2) is 5.82 Å². The van der Waals surface area contributed by atoms with Gasteiger partial charge in [-0.2, -0.15) is 0 Å². The highest BCUT2D eigenvalue weighted by Crippen LogP contribution is 2.42. The molecular formula is C38H34Cl2N6O3. The van der Waals surface area contributed by atoms with E-state index in [0.29, 0.717) is 58.7 Å². The maximum atomic E-state index is 14.5. The molecule has 248 valence electrons. The first-order valence-electron chi connectivity index (χ1n) is 16.1. The van der Waals surface area contributed by atoms with Crippen molar-refractivity contribution in [2.45, 2.75) is 25.8 Å². The van der Waals surface area contributed by atoms with Crippen LogP contribution in [0.1, 0.15) is 41.9 Å². The standard InChI is InChI=1S/C38H34Cl2N6O3/c1-23(24-10-12-27(39)13-11-24)46-22-42-33(25-7-4-3-5-8-25)35(46)32-29-15-14-28(40)21-31(29)43-34(32)37(47)44-30-9-6-18-41-36(30)45-19-16-26(17-20-45)38(48)49-2/h3-15,18,21-23,26,43H,16-17,19-20H2,1-2H3,(H,44,47)/t23-/m0/s1. The Labute approximate surface area is 293 Å². The van der Waals surface area contributed by atoms with E-state index in [2.05, 4.69) is 31.7 Å². The van der Waals surface area contributed by atoms with Gasteiger partial charge in [0.1, 0.15) is 5.69 Å². The number of amides is 1. The number of nitrogens with zero attached hydrogens (tertiary/aromatic N) is 4. The highest BCUT2D eigenvalue weighted by Gasteiger charge is 2.30. The second-order valence-corrected chi connectivity index (χ2v) is 13.0. The van der Waals surface area contributed by atoms with Gasteiger partial charge >= 0.3 is 5.97 Å². The summed E-state index contributed by atoms with van der Waals surface area (Å²) in [6.45, 7) is 3.32. The quantitative estimate of drug-likeness (QED) is 0.155. The van der Waals surface area contributed by atoms with E-state index in [0.717, 1.165) is 33.4 Å². The molecule has 11 heteroatoms. The SMILES string of the molecule is COC(=O)C1CCN(c2ncccc2NC(=O)c2[nH]c3cc(Cl)ccc3c2-c2c(-c3ccccc3)ncn2[C@@H](C)c2ccc(Cl)cc2)CC1. The van der Waals surface area contributed by atoms with Crippen LogP contribution in [0.25, 0.3) is 33.4 Å². The number of halogens is 2. The van der Waals surface area contributed by atoms with Gasteiger partial charge in [-0.15, -0.1) is 0 Å². The molecule has 2 N–H and O–H groups in total. The number of nitrogens with one attached hydrogen (secondary N) is 2. The first-order valence-corrected chi connectivity index (χ1v) is 16.9. The van der Waals surface area contributed by atoms with Crippen molar-refractivity contribution >= 4 is 57.5 Å². The number of methoxy groups -OCH3 is 1. The fraction of sp³-hybridized carbons (Fsp3) is 0.211. The third kappa shape index (κ3) is 6.39. The Balaban J connectivity index is 1.33. The lowest BCUT2D eigenvalue weighted by atomic mass is 9.97. The normalized spacial score (nSPS) is 14.2. The molecule has 0 saturated carbocycles. The van der Waals surface area contributed by atoms with Crippen LogP contribution >= 0.6 is 23.2 Å². The Morgan fingerprint density at radius 1 is 0.939 bits per heavy atom. The summed E-state index contributed by atoms with van der Waals surface area (Å²) in [7, 11) is 1.42. The minimum absolute atomic E-state index is 0.150. The molecule has 6 aromatic rings. The molecule has 1 saturated heterocycles. The second kappa shape index (κ2) is 13.8. The molecule has 7 rings (SSSR count). The smallest absolute Gasteiger partial charge is 0.308 e. The van der Waals surface area contributed by atoms with Crippen LogP contribution in [0.3, 0.4) is 0 Å². The summed E-state index contributed by atoms with van der Waals surface area (Å²) in [5.41, 5.74) is 5.81. The minimum Gasteiger partial charge on any atom is -0.469 e. The van der Waals surface area contributed by atoms with Crippen LogP contribution in [0.5, 0.6) is 0 Å². The Bertz CT molecular complexity index is 2140. The average Bonchev–Trinajstić information content (AvgIpc) is 3.73. The Hall–Kier alpha value is -5.12. The number of benzene rings is 3. The van der Waals surface area contributed by atoms with Gasteiger partial charge < -0.3 is 24.5 Å². The van der Waals surface area contributed by atoms with Crippen molar-refractivity contribution in [2.24, 2.45) is 5.92 Å². The molecule has 1 fully saturated rings. The average molecular weight is 694 g/mol. The van der Waals surface area contributed by atoms with E-state index in [9.17, 15) is 9.59 Å². The molecule has 3 aromatic heterocycles. The van der Waals surface area contributed by atoms with E-state index in [1.807, 2.05) is 85.2 Å². The van der Waals surface area contributed by atoms with Crippen LogP contribution in [-0.2, 0) is 9.53 Å². The molecule has 0 spiro atoms.